The van der Waals surface area contributed by atoms with Crippen molar-refractivity contribution in [1.82, 2.24) is 5.48 Å². The minimum atomic E-state index is -0.778. The zero-order valence-electron chi connectivity index (χ0n) is 17.3. The van der Waals surface area contributed by atoms with Gasteiger partial charge in [0.2, 0.25) is 5.91 Å². The Morgan fingerprint density at radius 2 is 1.97 bits per heavy atom. The highest BCUT2D eigenvalue weighted by Gasteiger charge is 2.28. The van der Waals surface area contributed by atoms with Gasteiger partial charge in [-0.05, 0) is 48.9 Å². The number of carboxylic acid groups (broad SMARTS) is 1. The summed E-state index contributed by atoms with van der Waals surface area (Å²) >= 11 is 0. The summed E-state index contributed by atoms with van der Waals surface area (Å²) in [5.41, 5.74) is 11.9. The van der Waals surface area contributed by atoms with Gasteiger partial charge in [0.25, 0.3) is 0 Å². The van der Waals surface area contributed by atoms with Crippen molar-refractivity contribution >= 4 is 23.4 Å². The van der Waals surface area contributed by atoms with Crippen molar-refractivity contribution in [1.29, 1.82) is 5.41 Å². The standard InChI is InChI=1S/C23H28N4O4/c24-23(25)17-10-8-16(9-11-17)20-13-19(31-27-20)14-21(28)26-18-6-3-5-15(12-18)4-1-2-7-22(29)30/h3,5-6,8-12,19-20,27H,1-2,4,7,13-14H2,(H3,24,25)(H,26,28)(H,29,30)/t19-,20+/m1/s1. The van der Waals surface area contributed by atoms with Crippen LogP contribution in [0, 0.1) is 5.41 Å². The summed E-state index contributed by atoms with van der Waals surface area (Å²) in [4.78, 5) is 28.6. The summed E-state index contributed by atoms with van der Waals surface area (Å²) in [6.45, 7) is 0. The van der Waals surface area contributed by atoms with Crippen LogP contribution in [-0.4, -0.2) is 28.9 Å². The first-order valence-corrected chi connectivity index (χ1v) is 10.4. The fourth-order valence-corrected chi connectivity index (χ4v) is 3.59. The topological polar surface area (TPSA) is 138 Å². The molecular weight excluding hydrogens is 396 g/mol. The SMILES string of the molecule is N=C(N)c1ccc([C@@H]2C[C@H](CC(=O)Nc3cccc(CCCCC(=O)O)c3)ON2)cc1. The van der Waals surface area contributed by atoms with Gasteiger partial charge in [-0.1, -0.05) is 36.4 Å². The van der Waals surface area contributed by atoms with Gasteiger partial charge in [-0.2, -0.15) is 5.48 Å². The molecule has 0 aromatic heterocycles. The zero-order valence-corrected chi connectivity index (χ0v) is 17.3. The predicted octanol–water partition coefficient (Wildman–Crippen LogP) is 3.13. The number of amidine groups is 1. The van der Waals surface area contributed by atoms with E-state index in [1.54, 1.807) is 12.1 Å². The molecule has 1 aliphatic rings. The summed E-state index contributed by atoms with van der Waals surface area (Å²) in [6.07, 6.45) is 3.03. The number of aliphatic carboxylic acids is 1. The molecule has 0 unspecified atom stereocenters. The van der Waals surface area contributed by atoms with Crippen molar-refractivity contribution in [2.75, 3.05) is 5.32 Å². The molecule has 0 bridgehead atoms. The van der Waals surface area contributed by atoms with E-state index >= 15 is 0 Å². The van der Waals surface area contributed by atoms with E-state index in [2.05, 4.69) is 10.8 Å². The molecule has 2 aromatic carbocycles. The molecule has 8 nitrogen and oxygen atoms in total. The number of carbonyl (C=O) groups is 2. The number of carbonyl (C=O) groups excluding carboxylic acids is 1. The Bertz CT molecular complexity index is 929. The fraction of sp³-hybridized carbons (Fsp3) is 0.348. The Morgan fingerprint density at radius 3 is 2.68 bits per heavy atom. The van der Waals surface area contributed by atoms with Crippen LogP contribution in [0.2, 0.25) is 0 Å². The lowest BCUT2D eigenvalue weighted by Crippen LogP contribution is -2.20. The third-order valence-corrected chi connectivity index (χ3v) is 5.23. The lowest BCUT2D eigenvalue weighted by Gasteiger charge is -2.10. The Kier molecular flexibility index (Phi) is 7.75. The second-order valence-corrected chi connectivity index (χ2v) is 7.74. The van der Waals surface area contributed by atoms with E-state index in [1.165, 1.54) is 0 Å². The smallest absolute Gasteiger partial charge is 0.303 e. The summed E-state index contributed by atoms with van der Waals surface area (Å²) in [6, 6.07) is 15.0. The normalized spacial score (nSPS) is 17.9. The van der Waals surface area contributed by atoms with Crippen molar-refractivity contribution in [3.8, 4) is 0 Å². The van der Waals surface area contributed by atoms with E-state index in [0.29, 0.717) is 18.4 Å². The molecule has 2 aromatic rings. The molecule has 0 spiro atoms. The fourth-order valence-electron chi connectivity index (χ4n) is 3.59. The second kappa shape index (κ2) is 10.7. The van der Waals surface area contributed by atoms with Crippen LogP contribution in [0.5, 0.6) is 0 Å². The number of carboxylic acids is 1. The Labute approximate surface area is 181 Å². The number of aryl methyl sites for hydroxylation is 1. The Morgan fingerprint density at radius 1 is 1.19 bits per heavy atom. The minimum absolute atomic E-state index is 0.0204. The Hall–Kier alpha value is -3.23. The van der Waals surface area contributed by atoms with E-state index in [1.807, 2.05) is 36.4 Å². The lowest BCUT2D eigenvalue weighted by atomic mass is 9.99. The molecule has 1 saturated heterocycles. The summed E-state index contributed by atoms with van der Waals surface area (Å²) in [5.74, 6) is -0.872. The minimum Gasteiger partial charge on any atom is -0.481 e. The number of hydrogen-bond donors (Lipinski definition) is 5. The van der Waals surface area contributed by atoms with Gasteiger partial charge in [0.15, 0.2) is 0 Å². The van der Waals surface area contributed by atoms with Crippen molar-refractivity contribution in [3.05, 3.63) is 65.2 Å². The average Bonchev–Trinajstić information content (AvgIpc) is 3.19. The molecule has 1 amide bonds. The molecule has 164 valence electrons. The number of amides is 1. The molecule has 1 heterocycles. The van der Waals surface area contributed by atoms with Crippen LogP contribution < -0.4 is 16.5 Å². The maximum absolute atomic E-state index is 12.5. The van der Waals surface area contributed by atoms with E-state index in [9.17, 15) is 9.59 Å². The van der Waals surface area contributed by atoms with Crippen molar-refractivity contribution < 1.29 is 19.5 Å². The average molecular weight is 425 g/mol. The van der Waals surface area contributed by atoms with Crippen LogP contribution in [0.1, 0.15) is 54.8 Å². The molecule has 3 rings (SSSR count). The molecule has 1 fully saturated rings. The molecule has 0 aliphatic carbocycles. The third kappa shape index (κ3) is 6.91. The number of unbranched alkanes of at least 4 members (excludes halogenated alkanes) is 1. The van der Waals surface area contributed by atoms with Gasteiger partial charge in [0.1, 0.15) is 5.84 Å². The number of hydrogen-bond acceptors (Lipinski definition) is 5. The van der Waals surface area contributed by atoms with Gasteiger partial charge in [0.05, 0.1) is 18.6 Å². The highest BCUT2D eigenvalue weighted by Crippen LogP contribution is 2.27. The van der Waals surface area contributed by atoms with Gasteiger partial charge in [-0.25, -0.2) is 0 Å². The molecule has 8 heteroatoms. The molecule has 0 saturated carbocycles. The van der Waals surface area contributed by atoms with Crippen LogP contribution in [0.25, 0.3) is 0 Å². The van der Waals surface area contributed by atoms with Crippen LogP contribution >= 0.6 is 0 Å². The summed E-state index contributed by atoms with van der Waals surface area (Å²) in [7, 11) is 0. The van der Waals surface area contributed by atoms with E-state index in [0.717, 1.165) is 29.7 Å². The molecule has 0 radical (unpaired) electrons. The zero-order chi connectivity index (χ0) is 22.2. The van der Waals surface area contributed by atoms with Crippen LogP contribution in [-0.2, 0) is 20.8 Å². The van der Waals surface area contributed by atoms with E-state index in [-0.39, 0.29) is 36.7 Å². The maximum atomic E-state index is 12.5. The van der Waals surface area contributed by atoms with Crippen LogP contribution in [0.15, 0.2) is 48.5 Å². The summed E-state index contributed by atoms with van der Waals surface area (Å²) in [5, 5.41) is 19.1. The number of nitrogen functional groups attached to an aromatic ring is 1. The highest BCUT2D eigenvalue weighted by molar-refractivity contribution is 5.94. The van der Waals surface area contributed by atoms with Gasteiger partial charge >= 0.3 is 5.97 Å². The number of nitrogens with one attached hydrogen (secondary N) is 3. The first kappa shape index (κ1) is 22.5. The quantitative estimate of drug-likeness (QED) is 0.226. The predicted molar refractivity (Wildman–Crippen MR) is 118 cm³/mol. The van der Waals surface area contributed by atoms with E-state index < -0.39 is 5.97 Å². The van der Waals surface area contributed by atoms with E-state index in [4.69, 9.17) is 21.1 Å². The molecule has 2 atom stereocenters. The van der Waals surface area contributed by atoms with Crippen molar-refractivity contribution in [3.63, 3.8) is 0 Å². The van der Waals surface area contributed by atoms with Crippen molar-refractivity contribution in [2.24, 2.45) is 5.73 Å². The monoisotopic (exact) mass is 424 g/mol. The Balaban J connectivity index is 1.46. The first-order chi connectivity index (χ1) is 14.9. The largest absolute Gasteiger partial charge is 0.481 e. The molecule has 31 heavy (non-hydrogen) atoms. The number of benzene rings is 2. The molecule has 1 aliphatic heterocycles. The van der Waals surface area contributed by atoms with Crippen LogP contribution in [0.3, 0.4) is 0 Å². The molecular formula is C23H28N4O4. The number of nitrogens with two attached hydrogens (primary N) is 1. The number of hydroxylamine groups is 1. The highest BCUT2D eigenvalue weighted by atomic mass is 16.7. The van der Waals surface area contributed by atoms with Gasteiger partial charge in [-0.15, -0.1) is 0 Å². The third-order valence-electron chi connectivity index (χ3n) is 5.23. The second-order valence-electron chi connectivity index (χ2n) is 7.74. The lowest BCUT2D eigenvalue weighted by molar-refractivity contribution is -0.137. The van der Waals surface area contributed by atoms with Gasteiger partial charge in [-0.3, -0.25) is 19.8 Å². The number of anilines is 1. The molecule has 6 N–H and O–H groups in total. The summed E-state index contributed by atoms with van der Waals surface area (Å²) < 4.78 is 0. The van der Waals surface area contributed by atoms with Gasteiger partial charge in [0, 0.05) is 17.7 Å². The van der Waals surface area contributed by atoms with Gasteiger partial charge < -0.3 is 16.2 Å². The first-order valence-electron chi connectivity index (χ1n) is 10.4. The maximum Gasteiger partial charge on any atom is 0.303 e. The number of rotatable bonds is 10. The van der Waals surface area contributed by atoms with Crippen molar-refractivity contribution in [2.45, 2.75) is 50.7 Å². The van der Waals surface area contributed by atoms with Crippen LogP contribution in [0.4, 0.5) is 5.69 Å².